The van der Waals surface area contributed by atoms with E-state index in [1.165, 1.54) is 6.08 Å². The van der Waals surface area contributed by atoms with Gasteiger partial charge in [-0.2, -0.15) is 0 Å². The molecular formula is C12H13N3O5. The van der Waals surface area contributed by atoms with Crippen LogP contribution in [-0.2, 0) is 16.0 Å². The monoisotopic (exact) mass is 279 g/mol. The Morgan fingerprint density at radius 2 is 2.05 bits per heavy atom. The smallest absolute Gasteiger partial charge is 0.325 e. The van der Waals surface area contributed by atoms with E-state index in [9.17, 15) is 19.2 Å². The summed E-state index contributed by atoms with van der Waals surface area (Å²) in [7, 11) is 0. The van der Waals surface area contributed by atoms with Crippen molar-refractivity contribution in [3.63, 3.8) is 0 Å². The van der Waals surface area contributed by atoms with Crippen LogP contribution in [0, 0.1) is 5.92 Å². The van der Waals surface area contributed by atoms with E-state index >= 15 is 0 Å². The van der Waals surface area contributed by atoms with Gasteiger partial charge in [0, 0.05) is 17.8 Å². The summed E-state index contributed by atoms with van der Waals surface area (Å²) in [4.78, 5) is 49.0. The zero-order chi connectivity index (χ0) is 14.7. The maximum absolute atomic E-state index is 11.7. The molecule has 0 aliphatic heterocycles. The molecule has 1 aliphatic rings. The zero-order valence-corrected chi connectivity index (χ0v) is 10.4. The number of amides is 1. The number of carboxylic acids is 1. The first-order valence-electron chi connectivity index (χ1n) is 5.97. The molecule has 0 spiro atoms. The summed E-state index contributed by atoms with van der Waals surface area (Å²) in [6, 6.07) is 0.781. The van der Waals surface area contributed by atoms with Crippen molar-refractivity contribution >= 4 is 11.9 Å². The lowest BCUT2D eigenvalue weighted by Crippen LogP contribution is -2.35. The molecule has 106 valence electrons. The van der Waals surface area contributed by atoms with Crippen molar-refractivity contribution in [1.82, 2.24) is 15.3 Å². The second-order valence-corrected chi connectivity index (χ2v) is 4.53. The molecule has 4 N–H and O–H groups in total. The molecule has 1 aromatic heterocycles. The number of carbonyl (C=O) groups is 2. The topological polar surface area (TPSA) is 132 Å². The Morgan fingerprint density at radius 1 is 1.30 bits per heavy atom. The van der Waals surface area contributed by atoms with E-state index in [1.807, 2.05) is 4.98 Å². The molecule has 2 rings (SSSR count). The molecule has 1 amide bonds. The quantitative estimate of drug-likeness (QED) is 0.511. The number of nitrogens with one attached hydrogen (secondary N) is 3. The number of hydrogen-bond acceptors (Lipinski definition) is 4. The van der Waals surface area contributed by atoms with Gasteiger partial charge in [0.05, 0.1) is 12.3 Å². The molecule has 2 atom stereocenters. The highest BCUT2D eigenvalue weighted by molar-refractivity contribution is 5.79. The van der Waals surface area contributed by atoms with E-state index < -0.39 is 29.0 Å². The lowest BCUT2D eigenvalue weighted by Gasteiger charge is -2.11. The van der Waals surface area contributed by atoms with Crippen LogP contribution >= 0.6 is 0 Å². The van der Waals surface area contributed by atoms with Crippen molar-refractivity contribution in [2.45, 2.75) is 18.9 Å². The van der Waals surface area contributed by atoms with Crippen molar-refractivity contribution in [1.29, 1.82) is 0 Å². The number of H-pyrrole nitrogens is 2. The minimum Gasteiger partial charge on any atom is -0.481 e. The molecule has 0 aromatic carbocycles. The van der Waals surface area contributed by atoms with Crippen LogP contribution in [0.1, 0.15) is 12.1 Å². The second kappa shape index (κ2) is 5.55. The Labute approximate surface area is 112 Å². The van der Waals surface area contributed by atoms with Crippen molar-refractivity contribution < 1.29 is 14.7 Å². The predicted molar refractivity (Wildman–Crippen MR) is 68.2 cm³/mol. The Bertz CT molecular complexity index is 644. The molecule has 8 nitrogen and oxygen atoms in total. The van der Waals surface area contributed by atoms with Gasteiger partial charge >= 0.3 is 11.7 Å². The summed E-state index contributed by atoms with van der Waals surface area (Å²) in [6.45, 7) is 0. The highest BCUT2D eigenvalue weighted by Crippen LogP contribution is 2.17. The van der Waals surface area contributed by atoms with E-state index in [4.69, 9.17) is 5.11 Å². The average molecular weight is 279 g/mol. The van der Waals surface area contributed by atoms with E-state index in [1.54, 1.807) is 6.08 Å². The molecule has 2 unspecified atom stereocenters. The predicted octanol–water partition coefficient (Wildman–Crippen LogP) is -1.25. The number of aliphatic carboxylic acids is 1. The Morgan fingerprint density at radius 3 is 2.65 bits per heavy atom. The molecule has 8 heteroatoms. The molecule has 0 saturated carbocycles. The Hall–Kier alpha value is -2.64. The second-order valence-electron chi connectivity index (χ2n) is 4.53. The van der Waals surface area contributed by atoms with Crippen LogP contribution in [0.4, 0.5) is 0 Å². The van der Waals surface area contributed by atoms with Gasteiger partial charge in [-0.1, -0.05) is 12.2 Å². The molecular weight excluding hydrogens is 266 g/mol. The molecule has 1 aliphatic carbocycles. The summed E-state index contributed by atoms with van der Waals surface area (Å²) in [6.07, 6.45) is 3.30. The number of aromatic nitrogens is 2. The molecule has 1 aromatic rings. The van der Waals surface area contributed by atoms with Gasteiger partial charge in [0.2, 0.25) is 5.91 Å². The summed E-state index contributed by atoms with van der Waals surface area (Å²) in [5, 5.41) is 11.4. The zero-order valence-electron chi connectivity index (χ0n) is 10.4. The lowest BCUT2D eigenvalue weighted by molar-refractivity contribution is -0.140. The lowest BCUT2D eigenvalue weighted by atomic mass is 10.1. The number of rotatable bonds is 4. The SMILES string of the molecule is O=C(Cc1cc(=O)[nH]c(=O)[nH]1)NC1C=CC(C(=O)O)C1. The highest BCUT2D eigenvalue weighted by atomic mass is 16.4. The highest BCUT2D eigenvalue weighted by Gasteiger charge is 2.25. The maximum Gasteiger partial charge on any atom is 0.325 e. The summed E-state index contributed by atoms with van der Waals surface area (Å²) < 4.78 is 0. The first-order valence-corrected chi connectivity index (χ1v) is 5.97. The van der Waals surface area contributed by atoms with Crippen molar-refractivity contribution in [3.8, 4) is 0 Å². The minimum absolute atomic E-state index is 0.152. The maximum atomic E-state index is 11.7. The fourth-order valence-electron chi connectivity index (χ4n) is 2.03. The fourth-order valence-corrected chi connectivity index (χ4v) is 2.03. The van der Waals surface area contributed by atoms with E-state index in [-0.39, 0.29) is 18.2 Å². The van der Waals surface area contributed by atoms with Gasteiger partial charge in [-0.3, -0.25) is 19.4 Å². The fraction of sp³-hybridized carbons (Fsp3) is 0.333. The number of carboxylic acid groups (broad SMARTS) is 1. The third-order valence-corrected chi connectivity index (χ3v) is 2.91. The van der Waals surface area contributed by atoms with E-state index in [0.717, 1.165) is 6.07 Å². The van der Waals surface area contributed by atoms with Crippen molar-refractivity contribution in [2.24, 2.45) is 5.92 Å². The van der Waals surface area contributed by atoms with Crippen molar-refractivity contribution in [2.75, 3.05) is 0 Å². The molecule has 0 radical (unpaired) electrons. The van der Waals surface area contributed by atoms with Gasteiger partial charge in [-0.25, -0.2) is 4.79 Å². The van der Waals surface area contributed by atoms with Crippen LogP contribution in [0.5, 0.6) is 0 Å². The Kier molecular flexibility index (Phi) is 3.83. The largest absolute Gasteiger partial charge is 0.481 e. The minimum atomic E-state index is -0.933. The van der Waals surface area contributed by atoms with Gasteiger partial charge in [0.1, 0.15) is 0 Å². The summed E-state index contributed by atoms with van der Waals surface area (Å²) in [5.74, 6) is -1.93. The first-order chi connectivity index (χ1) is 9.44. The Balaban J connectivity index is 1.94. The van der Waals surface area contributed by atoms with Crippen LogP contribution in [0.15, 0.2) is 27.8 Å². The third-order valence-electron chi connectivity index (χ3n) is 2.91. The van der Waals surface area contributed by atoms with Crippen LogP contribution in [0.25, 0.3) is 0 Å². The average Bonchev–Trinajstić information content (AvgIpc) is 2.75. The first kappa shape index (κ1) is 13.8. The van der Waals surface area contributed by atoms with Gasteiger partial charge < -0.3 is 15.4 Å². The standard InChI is InChI=1S/C12H13N3O5/c16-9(4-8-5-10(17)15-12(20)14-8)13-7-2-1-6(3-7)11(18)19/h1-2,5-7H,3-4H2,(H,13,16)(H,18,19)(H2,14,15,17,20). The van der Waals surface area contributed by atoms with Crippen molar-refractivity contribution in [3.05, 3.63) is 44.8 Å². The third kappa shape index (κ3) is 3.44. The number of hydrogen-bond donors (Lipinski definition) is 4. The number of aromatic amines is 2. The molecule has 20 heavy (non-hydrogen) atoms. The molecule has 0 fully saturated rings. The summed E-state index contributed by atoms with van der Waals surface area (Å²) in [5.41, 5.74) is -1.05. The van der Waals surface area contributed by atoms with Gasteiger partial charge in [-0.05, 0) is 6.42 Å². The van der Waals surface area contributed by atoms with Gasteiger partial charge in [0.15, 0.2) is 0 Å². The molecule has 0 bridgehead atoms. The van der Waals surface area contributed by atoms with Crippen LogP contribution < -0.4 is 16.6 Å². The van der Waals surface area contributed by atoms with Gasteiger partial charge in [-0.15, -0.1) is 0 Å². The molecule has 1 heterocycles. The van der Waals surface area contributed by atoms with E-state index in [0.29, 0.717) is 6.42 Å². The number of carbonyl (C=O) groups excluding carboxylic acids is 1. The normalized spacial score (nSPS) is 20.8. The summed E-state index contributed by atoms with van der Waals surface area (Å²) >= 11 is 0. The van der Waals surface area contributed by atoms with Gasteiger partial charge in [0.25, 0.3) is 5.56 Å². The van der Waals surface area contributed by atoms with Crippen LogP contribution in [0.2, 0.25) is 0 Å². The van der Waals surface area contributed by atoms with Crippen LogP contribution in [0.3, 0.4) is 0 Å². The van der Waals surface area contributed by atoms with Crippen LogP contribution in [-0.4, -0.2) is 33.0 Å². The van der Waals surface area contributed by atoms with E-state index in [2.05, 4.69) is 10.3 Å². The molecule has 0 saturated heterocycles.